The molecular weight excluding hydrogens is 359 g/mol. The van der Waals surface area contributed by atoms with Crippen molar-refractivity contribution in [2.24, 2.45) is 0 Å². The number of aryl methyl sites for hydroxylation is 1. The Morgan fingerprint density at radius 3 is 2.76 bits per heavy atom. The molecule has 0 saturated carbocycles. The molecule has 0 bridgehead atoms. The molecule has 130 valence electrons. The van der Waals surface area contributed by atoms with Crippen molar-refractivity contribution in [3.05, 3.63) is 57.6 Å². The van der Waals surface area contributed by atoms with Crippen LogP contribution in [0.2, 0.25) is 0 Å². The van der Waals surface area contributed by atoms with Gasteiger partial charge < -0.3 is 9.73 Å². The summed E-state index contributed by atoms with van der Waals surface area (Å²) in [6.07, 6.45) is -0.241. The van der Waals surface area contributed by atoms with Gasteiger partial charge in [0.1, 0.15) is 0 Å². The van der Waals surface area contributed by atoms with Crippen LogP contribution in [-0.4, -0.2) is 15.7 Å². The van der Waals surface area contributed by atoms with Crippen LogP contribution in [-0.2, 0) is 11.3 Å². The van der Waals surface area contributed by atoms with Crippen LogP contribution in [0.4, 0.5) is 18.9 Å². The van der Waals surface area contributed by atoms with Gasteiger partial charge in [-0.25, -0.2) is 18.0 Å². The zero-order valence-electron chi connectivity index (χ0n) is 12.5. The number of benzene rings is 1. The summed E-state index contributed by atoms with van der Waals surface area (Å²) in [5.41, 5.74) is -0.490. The van der Waals surface area contributed by atoms with E-state index in [0.717, 1.165) is 10.7 Å². The summed E-state index contributed by atoms with van der Waals surface area (Å²) in [7, 11) is 0. The van der Waals surface area contributed by atoms with Crippen LogP contribution in [0, 0.1) is 17.5 Å². The highest BCUT2D eigenvalue weighted by Gasteiger charge is 2.16. The Balaban J connectivity index is 1.65. The van der Waals surface area contributed by atoms with Gasteiger partial charge in [0.05, 0.1) is 17.1 Å². The third-order valence-corrected chi connectivity index (χ3v) is 4.06. The molecule has 3 aromatic rings. The first-order chi connectivity index (χ1) is 12.0. The number of nitrogens with zero attached hydrogens (tertiary/aromatic N) is 2. The molecule has 0 aliphatic carbocycles. The first-order valence-electron chi connectivity index (χ1n) is 7.01. The highest BCUT2D eigenvalue weighted by Crippen LogP contribution is 2.21. The van der Waals surface area contributed by atoms with Crippen molar-refractivity contribution in [2.45, 2.75) is 13.0 Å². The second-order valence-electron chi connectivity index (χ2n) is 4.89. The maximum atomic E-state index is 13.5. The fraction of sp³-hybridized carbons (Fsp3) is 0.133. The summed E-state index contributed by atoms with van der Waals surface area (Å²) < 4.78 is 45.4. The molecule has 1 N–H and O–H groups in total. The van der Waals surface area contributed by atoms with Crippen molar-refractivity contribution < 1.29 is 22.4 Å². The second kappa shape index (κ2) is 6.93. The van der Waals surface area contributed by atoms with Crippen LogP contribution in [0.5, 0.6) is 0 Å². The monoisotopic (exact) mass is 369 g/mol. The van der Waals surface area contributed by atoms with E-state index in [4.69, 9.17) is 4.42 Å². The Morgan fingerprint density at radius 1 is 1.24 bits per heavy atom. The number of anilines is 1. The van der Waals surface area contributed by atoms with Crippen LogP contribution in [0.25, 0.3) is 10.8 Å². The lowest BCUT2D eigenvalue weighted by Gasteiger charge is -2.07. The third kappa shape index (κ3) is 3.63. The van der Waals surface area contributed by atoms with E-state index in [0.29, 0.717) is 10.9 Å². The summed E-state index contributed by atoms with van der Waals surface area (Å²) in [6, 6.07) is 5.09. The van der Waals surface area contributed by atoms with Crippen LogP contribution in [0.3, 0.4) is 0 Å². The minimum absolute atomic E-state index is 0.120. The molecule has 6 nitrogen and oxygen atoms in total. The van der Waals surface area contributed by atoms with Gasteiger partial charge in [0, 0.05) is 6.42 Å². The smallest absolute Gasteiger partial charge is 0.387 e. The molecule has 0 spiro atoms. The van der Waals surface area contributed by atoms with Crippen molar-refractivity contribution in [1.29, 1.82) is 0 Å². The van der Waals surface area contributed by atoms with E-state index in [1.807, 2.05) is 0 Å². The summed E-state index contributed by atoms with van der Waals surface area (Å²) in [5, 5.41) is 7.86. The van der Waals surface area contributed by atoms with Crippen LogP contribution in [0.1, 0.15) is 6.42 Å². The van der Waals surface area contributed by atoms with Gasteiger partial charge in [-0.1, -0.05) is 6.07 Å². The highest BCUT2D eigenvalue weighted by atomic mass is 32.1. The molecule has 10 heteroatoms. The van der Waals surface area contributed by atoms with Crippen LogP contribution in [0.15, 0.2) is 38.9 Å². The highest BCUT2D eigenvalue weighted by molar-refractivity contribution is 7.13. The van der Waals surface area contributed by atoms with Gasteiger partial charge in [0.15, 0.2) is 17.5 Å². The Kier molecular flexibility index (Phi) is 4.70. The standard InChI is InChI=1S/C15H10F3N3O3S/c16-8-3-4-9(13(18)12(8)17)19-11(22)5-6-21-15(23)24-14(20-21)10-2-1-7-25-10/h1-4,7H,5-6H2,(H,19,22). The normalized spacial score (nSPS) is 10.8. The molecule has 0 aliphatic heterocycles. The first-order valence-corrected chi connectivity index (χ1v) is 7.89. The lowest BCUT2D eigenvalue weighted by molar-refractivity contribution is -0.116. The molecule has 0 fully saturated rings. The number of carbonyl (C=O) groups is 1. The van der Waals surface area contributed by atoms with Crippen LogP contribution >= 0.6 is 11.3 Å². The van der Waals surface area contributed by atoms with Crippen LogP contribution < -0.4 is 11.1 Å². The summed E-state index contributed by atoms with van der Waals surface area (Å²) in [5.74, 6) is -5.83. The molecule has 0 saturated heterocycles. The van der Waals surface area contributed by atoms with Crippen molar-refractivity contribution >= 4 is 22.9 Å². The fourth-order valence-electron chi connectivity index (χ4n) is 1.99. The maximum Gasteiger partial charge on any atom is 0.437 e. The Hall–Kier alpha value is -2.88. The molecule has 0 atom stereocenters. The van der Waals surface area contributed by atoms with Gasteiger partial charge in [-0.2, -0.15) is 4.68 Å². The summed E-state index contributed by atoms with van der Waals surface area (Å²) in [6.45, 7) is -0.120. The lowest BCUT2D eigenvalue weighted by Crippen LogP contribution is -2.21. The molecule has 0 radical (unpaired) electrons. The number of amides is 1. The average Bonchev–Trinajstić information content (AvgIpc) is 3.23. The number of rotatable bonds is 5. The zero-order chi connectivity index (χ0) is 18.0. The molecule has 0 aliphatic rings. The van der Waals surface area contributed by atoms with E-state index in [2.05, 4.69) is 10.4 Å². The number of aromatic nitrogens is 2. The molecule has 2 heterocycles. The van der Waals surface area contributed by atoms with E-state index in [9.17, 15) is 22.8 Å². The van der Waals surface area contributed by atoms with Crippen molar-refractivity contribution in [1.82, 2.24) is 9.78 Å². The quantitative estimate of drug-likeness (QED) is 0.702. The van der Waals surface area contributed by atoms with Gasteiger partial charge in [-0.15, -0.1) is 16.4 Å². The van der Waals surface area contributed by atoms with E-state index >= 15 is 0 Å². The average molecular weight is 369 g/mol. The predicted molar refractivity (Wildman–Crippen MR) is 83.6 cm³/mol. The van der Waals surface area contributed by atoms with Crippen molar-refractivity contribution in [2.75, 3.05) is 5.32 Å². The molecule has 1 amide bonds. The molecule has 2 aromatic heterocycles. The number of thiophene rings is 1. The minimum atomic E-state index is -1.67. The number of hydrogen-bond donors (Lipinski definition) is 1. The van der Waals surface area contributed by atoms with Gasteiger partial charge >= 0.3 is 5.76 Å². The number of hydrogen-bond acceptors (Lipinski definition) is 5. The van der Waals surface area contributed by atoms with E-state index < -0.39 is 34.8 Å². The van der Waals surface area contributed by atoms with Gasteiger partial charge in [-0.3, -0.25) is 4.79 Å². The molecule has 0 unspecified atom stereocenters. The van der Waals surface area contributed by atoms with E-state index in [-0.39, 0.29) is 18.9 Å². The Labute approximate surface area is 142 Å². The van der Waals surface area contributed by atoms with E-state index in [1.165, 1.54) is 11.3 Å². The zero-order valence-corrected chi connectivity index (χ0v) is 13.3. The first kappa shape index (κ1) is 17.0. The topological polar surface area (TPSA) is 77.1 Å². The Bertz CT molecular complexity index is 966. The fourth-order valence-corrected chi connectivity index (χ4v) is 2.63. The number of nitrogens with one attached hydrogen (secondary N) is 1. The van der Waals surface area contributed by atoms with Gasteiger partial charge in [0.25, 0.3) is 5.89 Å². The molecule has 25 heavy (non-hydrogen) atoms. The largest absolute Gasteiger partial charge is 0.437 e. The summed E-state index contributed by atoms with van der Waals surface area (Å²) in [4.78, 5) is 24.2. The third-order valence-electron chi connectivity index (χ3n) is 3.20. The van der Waals surface area contributed by atoms with Gasteiger partial charge in [-0.05, 0) is 23.6 Å². The van der Waals surface area contributed by atoms with Crippen molar-refractivity contribution in [3.8, 4) is 10.8 Å². The maximum absolute atomic E-state index is 13.5. The minimum Gasteiger partial charge on any atom is -0.387 e. The van der Waals surface area contributed by atoms with E-state index in [1.54, 1.807) is 17.5 Å². The molecule has 3 rings (SSSR count). The van der Waals surface area contributed by atoms with Gasteiger partial charge in [0.2, 0.25) is 5.91 Å². The second-order valence-corrected chi connectivity index (χ2v) is 5.84. The van der Waals surface area contributed by atoms with Crippen molar-refractivity contribution in [3.63, 3.8) is 0 Å². The Morgan fingerprint density at radius 2 is 2.04 bits per heavy atom. The molecular formula is C15H10F3N3O3S. The number of halogens is 3. The number of carbonyl (C=O) groups excluding carboxylic acids is 1. The lowest BCUT2D eigenvalue weighted by atomic mass is 10.2. The summed E-state index contributed by atoms with van der Waals surface area (Å²) >= 11 is 1.33. The molecule has 1 aromatic carbocycles. The SMILES string of the molecule is O=C(CCn1nc(-c2cccs2)oc1=O)Nc1ccc(F)c(F)c1F. The predicted octanol–water partition coefficient (Wildman–Crippen LogP) is 3.01.